The number of amides is 2. The molecule has 0 radical (unpaired) electrons. The summed E-state index contributed by atoms with van der Waals surface area (Å²) in [6.07, 6.45) is -3.45. The Balaban J connectivity index is 1.34. The van der Waals surface area contributed by atoms with E-state index >= 15 is 0 Å². The molecule has 4 aliphatic rings. The molecular formula is C22H24Br4N10O5. The SMILES string of the molecule is NC1=N[C@H]2O[C@H]3N=C(N)N[C@]34[C@H](O)[C@H](CNC(=O)c3cc(Br)c(Br)[nH]3)[C@@H](CNC(=O)c3cc(Br)c(Br)[nH]3)[C@H]4[C@@]2(O)N1. The van der Waals surface area contributed by atoms with E-state index in [-0.39, 0.29) is 36.4 Å². The third-order valence-corrected chi connectivity index (χ3v) is 11.6. The molecule has 3 aliphatic heterocycles. The van der Waals surface area contributed by atoms with Crippen molar-refractivity contribution in [2.24, 2.45) is 39.2 Å². The molecule has 0 unspecified atom stereocenters. The number of aromatic amines is 2. The summed E-state index contributed by atoms with van der Waals surface area (Å²) in [6, 6.07) is 3.23. The Bertz CT molecular complexity index is 1460. The van der Waals surface area contributed by atoms with Crippen LogP contribution in [0.1, 0.15) is 21.0 Å². The normalized spacial score (nSPS) is 35.0. The molecule has 2 fully saturated rings. The minimum absolute atomic E-state index is 0.00854. The second kappa shape index (κ2) is 10.2. The van der Waals surface area contributed by atoms with Crippen LogP contribution in [0.3, 0.4) is 0 Å². The van der Waals surface area contributed by atoms with Crippen molar-refractivity contribution in [2.45, 2.75) is 29.8 Å². The molecule has 2 amide bonds. The number of aliphatic imine (C=N–C) groups is 2. The van der Waals surface area contributed by atoms with Gasteiger partial charge in [-0.2, -0.15) is 0 Å². The summed E-state index contributed by atoms with van der Waals surface area (Å²) in [5.41, 5.74) is 9.26. The van der Waals surface area contributed by atoms with E-state index in [4.69, 9.17) is 16.2 Å². The number of carbonyl (C=O) groups is 2. The van der Waals surface area contributed by atoms with Gasteiger partial charge in [-0.15, -0.1) is 0 Å². The van der Waals surface area contributed by atoms with Gasteiger partial charge in [0, 0.05) is 24.9 Å². The van der Waals surface area contributed by atoms with Crippen LogP contribution in [0.2, 0.25) is 0 Å². The van der Waals surface area contributed by atoms with Gasteiger partial charge < -0.3 is 57.7 Å². The molecule has 1 spiro atoms. The summed E-state index contributed by atoms with van der Waals surface area (Å²) < 4.78 is 8.51. The van der Waals surface area contributed by atoms with Crippen LogP contribution in [0.15, 0.2) is 40.3 Å². The minimum atomic E-state index is -1.89. The van der Waals surface area contributed by atoms with Crippen LogP contribution in [-0.4, -0.2) is 86.8 Å². The maximum absolute atomic E-state index is 13.1. The number of guanidine groups is 2. The van der Waals surface area contributed by atoms with Gasteiger partial charge in [0.1, 0.15) is 16.9 Å². The molecule has 0 bridgehead atoms. The van der Waals surface area contributed by atoms with Crippen LogP contribution in [0.4, 0.5) is 0 Å². The Morgan fingerprint density at radius 1 is 0.902 bits per heavy atom. The van der Waals surface area contributed by atoms with Crippen molar-refractivity contribution < 1.29 is 24.5 Å². The quantitative estimate of drug-likeness (QED) is 0.184. The Morgan fingerprint density at radius 2 is 1.41 bits per heavy atom. The highest BCUT2D eigenvalue weighted by atomic mass is 79.9. The van der Waals surface area contributed by atoms with Gasteiger partial charge in [0.25, 0.3) is 11.8 Å². The predicted octanol–water partition coefficient (Wildman–Crippen LogP) is -0.279. The first-order valence-corrected chi connectivity index (χ1v) is 15.5. The smallest absolute Gasteiger partial charge is 0.267 e. The van der Waals surface area contributed by atoms with Gasteiger partial charge in [-0.3, -0.25) is 9.59 Å². The van der Waals surface area contributed by atoms with E-state index in [1.165, 1.54) is 0 Å². The lowest BCUT2D eigenvalue weighted by Crippen LogP contribution is -2.76. The molecule has 0 aromatic carbocycles. The number of nitrogens with zero attached hydrogens (tertiary/aromatic N) is 2. The van der Waals surface area contributed by atoms with E-state index in [1.807, 2.05) is 0 Å². The third kappa shape index (κ3) is 4.51. The fourth-order valence-electron chi connectivity index (χ4n) is 6.42. The number of halogens is 4. The molecule has 220 valence electrons. The predicted molar refractivity (Wildman–Crippen MR) is 159 cm³/mol. The highest BCUT2D eigenvalue weighted by Crippen LogP contribution is 2.57. The first kappa shape index (κ1) is 28.9. The number of nitrogens with two attached hydrogens (primary N) is 2. The van der Waals surface area contributed by atoms with Gasteiger partial charge >= 0.3 is 0 Å². The van der Waals surface area contributed by atoms with Gasteiger partial charge in [-0.25, -0.2) is 9.98 Å². The van der Waals surface area contributed by atoms with Crippen molar-refractivity contribution in [2.75, 3.05) is 13.1 Å². The number of aromatic nitrogens is 2. The number of carbonyl (C=O) groups excluding carboxylic acids is 2. The molecule has 8 atom stereocenters. The summed E-state index contributed by atoms with van der Waals surface area (Å²) >= 11 is 13.3. The van der Waals surface area contributed by atoms with Gasteiger partial charge in [0.15, 0.2) is 23.9 Å². The molecule has 6 rings (SSSR count). The molecule has 19 heteroatoms. The van der Waals surface area contributed by atoms with Crippen LogP contribution >= 0.6 is 63.7 Å². The minimum Gasteiger partial charge on any atom is -0.390 e. The summed E-state index contributed by atoms with van der Waals surface area (Å²) in [4.78, 5) is 40.5. The molecule has 1 aliphatic carbocycles. The number of aliphatic hydroxyl groups is 2. The number of ether oxygens (including phenoxy) is 1. The number of H-pyrrole nitrogens is 2. The second-order valence-electron chi connectivity index (χ2n) is 10.2. The van der Waals surface area contributed by atoms with Crippen molar-refractivity contribution >= 4 is 87.5 Å². The maximum Gasteiger partial charge on any atom is 0.267 e. The average Bonchev–Trinajstić information content (AvgIpc) is 3.66. The Labute approximate surface area is 265 Å². The largest absolute Gasteiger partial charge is 0.390 e. The van der Waals surface area contributed by atoms with Gasteiger partial charge in [-0.05, 0) is 81.8 Å². The van der Waals surface area contributed by atoms with Crippen molar-refractivity contribution in [3.63, 3.8) is 0 Å². The third-order valence-electron chi connectivity index (χ3n) is 8.03. The van der Waals surface area contributed by atoms with E-state index in [1.54, 1.807) is 12.1 Å². The van der Waals surface area contributed by atoms with Crippen molar-refractivity contribution in [1.29, 1.82) is 0 Å². The van der Waals surface area contributed by atoms with Crippen LogP contribution in [0.25, 0.3) is 0 Å². The zero-order chi connectivity index (χ0) is 29.4. The van der Waals surface area contributed by atoms with Crippen LogP contribution in [0.5, 0.6) is 0 Å². The Hall–Kier alpha value is -2.16. The van der Waals surface area contributed by atoms with Crippen molar-refractivity contribution in [3.8, 4) is 0 Å². The monoisotopic (exact) mass is 824 g/mol. The summed E-state index contributed by atoms with van der Waals surface area (Å²) in [6.45, 7) is -0.0420. The van der Waals surface area contributed by atoms with Gasteiger partial charge in [-0.1, -0.05) is 0 Å². The molecule has 12 N–H and O–H groups in total. The topological polar surface area (TPSA) is 240 Å². The summed E-state index contributed by atoms with van der Waals surface area (Å²) in [7, 11) is 0. The lowest BCUT2D eigenvalue weighted by atomic mass is 9.71. The molecule has 2 aromatic rings. The molecule has 41 heavy (non-hydrogen) atoms. The standard InChI is InChI=1S/C22H24Br4N10O5/c23-7-1-9(31-13(7)25)15(38)29-3-5-6(4-30-16(39)10-2-8(24)14(26)32-10)12(37)21-11(5)22(40)18(34-20(28)36-22)41-17(21)33-19(27)35-21/h1-2,5-6,11-12,17-18,31-32,37,40H,3-4H2,(H,29,38)(H,30,39)(H3,27,33,35)(H3,28,34,36)/t5-,6-,11-,12-,17-,18+,21-,22+/m1/s1. The highest BCUT2D eigenvalue weighted by Gasteiger charge is 2.76. The van der Waals surface area contributed by atoms with Crippen LogP contribution < -0.4 is 32.7 Å². The fraction of sp³-hybridized carbons (Fsp3) is 0.455. The van der Waals surface area contributed by atoms with Crippen LogP contribution in [-0.2, 0) is 4.74 Å². The first-order valence-electron chi connectivity index (χ1n) is 12.3. The lowest BCUT2D eigenvalue weighted by molar-refractivity contribution is -0.243. The van der Waals surface area contributed by atoms with E-state index in [0.717, 1.165) is 0 Å². The molecular weight excluding hydrogens is 804 g/mol. The van der Waals surface area contributed by atoms with Gasteiger partial charge in [0.2, 0.25) is 6.23 Å². The average molecular weight is 828 g/mol. The number of hydrogen-bond acceptors (Lipinski definition) is 11. The van der Waals surface area contributed by atoms with Crippen molar-refractivity contribution in [3.05, 3.63) is 41.7 Å². The zero-order valence-electron chi connectivity index (χ0n) is 20.7. The Morgan fingerprint density at radius 3 is 1.95 bits per heavy atom. The Kier molecular flexibility index (Phi) is 7.22. The molecule has 15 nitrogen and oxygen atoms in total. The first-order chi connectivity index (χ1) is 19.3. The maximum atomic E-state index is 13.1. The fourth-order valence-corrected chi connectivity index (χ4v) is 7.73. The molecule has 1 saturated carbocycles. The summed E-state index contributed by atoms with van der Waals surface area (Å²) in [5.74, 6) is -3.18. The van der Waals surface area contributed by atoms with E-state index in [0.29, 0.717) is 18.2 Å². The number of aliphatic hydroxyl groups excluding tert-OH is 1. The number of rotatable bonds is 6. The number of nitrogens with one attached hydrogen (secondary N) is 6. The highest BCUT2D eigenvalue weighted by molar-refractivity contribution is 9.13. The van der Waals surface area contributed by atoms with Crippen molar-refractivity contribution in [1.82, 2.24) is 31.2 Å². The zero-order valence-corrected chi connectivity index (χ0v) is 27.1. The van der Waals surface area contributed by atoms with Crippen LogP contribution in [0, 0.1) is 17.8 Å². The van der Waals surface area contributed by atoms with E-state index < -0.39 is 59.4 Å². The van der Waals surface area contributed by atoms with E-state index in [2.05, 4.69) is 105 Å². The second-order valence-corrected chi connectivity index (χ2v) is 13.5. The van der Waals surface area contributed by atoms with E-state index in [9.17, 15) is 19.8 Å². The number of hydrogen-bond donors (Lipinski definition) is 10. The lowest BCUT2D eigenvalue weighted by Gasteiger charge is -2.51. The number of fused-ring (bicyclic) bond motifs is 2. The summed E-state index contributed by atoms with van der Waals surface area (Å²) in [5, 5.41) is 35.5. The molecule has 1 saturated heterocycles. The molecule has 2 aromatic heterocycles. The van der Waals surface area contributed by atoms with Gasteiger partial charge in [0.05, 0.1) is 24.3 Å². The molecule has 5 heterocycles.